The normalized spacial score (nSPS) is 8.36. The van der Waals surface area contributed by atoms with Crippen LogP contribution in [0.3, 0.4) is 0 Å². The van der Waals surface area contributed by atoms with Crippen LogP contribution < -0.4 is 0 Å². The van der Waals surface area contributed by atoms with E-state index in [0.717, 1.165) is 0 Å². The standard InChI is InChI=1S/C8H6N2O/c9-8(10-6-11)7-4-2-1-3-5-7/h1-5,9H. The quantitative estimate of drug-likeness (QED) is 0.363. The lowest BCUT2D eigenvalue weighted by atomic mass is 10.2. The number of isocyanates is 1. The van der Waals surface area contributed by atoms with E-state index in [0.29, 0.717) is 5.56 Å². The Hall–Kier alpha value is -1.73. The molecule has 0 amide bonds. The third kappa shape index (κ3) is 1.85. The van der Waals surface area contributed by atoms with E-state index in [1.54, 1.807) is 24.3 Å². The summed E-state index contributed by atoms with van der Waals surface area (Å²) in [5, 5.41) is 7.20. The largest absolute Gasteiger partial charge is 0.282 e. The first-order valence-corrected chi connectivity index (χ1v) is 3.06. The molecule has 0 radical (unpaired) electrons. The van der Waals surface area contributed by atoms with Gasteiger partial charge in [-0.2, -0.15) is 0 Å². The second-order valence-corrected chi connectivity index (χ2v) is 1.92. The average Bonchev–Trinajstić information content (AvgIpc) is 2.07. The molecule has 0 unspecified atom stereocenters. The average molecular weight is 146 g/mol. The molecule has 0 saturated carbocycles. The Labute approximate surface area is 63.9 Å². The first-order valence-electron chi connectivity index (χ1n) is 3.06. The number of rotatable bonds is 1. The Morgan fingerprint density at radius 1 is 1.36 bits per heavy atom. The number of aliphatic imine (C=N–C) groups is 1. The van der Waals surface area contributed by atoms with Gasteiger partial charge in [-0.25, -0.2) is 4.79 Å². The summed E-state index contributed by atoms with van der Waals surface area (Å²) in [6.45, 7) is 0. The second-order valence-electron chi connectivity index (χ2n) is 1.92. The maximum atomic E-state index is 9.76. The zero-order chi connectivity index (χ0) is 8.10. The van der Waals surface area contributed by atoms with Crippen molar-refractivity contribution >= 4 is 11.9 Å². The number of hydrogen-bond acceptors (Lipinski definition) is 2. The van der Waals surface area contributed by atoms with E-state index in [9.17, 15) is 4.79 Å². The highest BCUT2D eigenvalue weighted by Gasteiger charge is 1.94. The fourth-order valence-corrected chi connectivity index (χ4v) is 0.706. The predicted molar refractivity (Wildman–Crippen MR) is 41.4 cm³/mol. The maximum absolute atomic E-state index is 9.76. The minimum Gasteiger partial charge on any atom is -0.282 e. The van der Waals surface area contributed by atoms with Gasteiger partial charge in [0.2, 0.25) is 6.08 Å². The molecule has 0 fully saturated rings. The number of carbonyl (C=O) groups excluding carboxylic acids is 1. The first kappa shape index (κ1) is 7.38. The molecule has 3 heteroatoms. The molecule has 0 aliphatic rings. The highest BCUT2D eigenvalue weighted by molar-refractivity contribution is 5.99. The molecule has 0 aliphatic carbocycles. The summed E-state index contributed by atoms with van der Waals surface area (Å²) in [5.74, 6) is -0.0550. The van der Waals surface area contributed by atoms with Crippen LogP contribution in [0.1, 0.15) is 5.56 Å². The molecule has 0 saturated heterocycles. The molecule has 0 spiro atoms. The van der Waals surface area contributed by atoms with Crippen LogP contribution in [-0.2, 0) is 4.79 Å². The van der Waals surface area contributed by atoms with Gasteiger partial charge in [-0.3, -0.25) is 5.41 Å². The third-order valence-electron chi connectivity index (χ3n) is 1.20. The van der Waals surface area contributed by atoms with Crippen molar-refractivity contribution < 1.29 is 4.79 Å². The lowest BCUT2D eigenvalue weighted by Gasteiger charge is -1.92. The van der Waals surface area contributed by atoms with Crippen LogP contribution in [0.15, 0.2) is 35.3 Å². The molecule has 54 valence electrons. The minimum atomic E-state index is -0.0550. The topological polar surface area (TPSA) is 53.3 Å². The van der Waals surface area contributed by atoms with Crippen LogP contribution in [0, 0.1) is 5.41 Å². The fourth-order valence-electron chi connectivity index (χ4n) is 0.706. The number of nitrogens with zero attached hydrogens (tertiary/aromatic N) is 1. The lowest BCUT2D eigenvalue weighted by Crippen LogP contribution is -1.92. The molecule has 11 heavy (non-hydrogen) atoms. The van der Waals surface area contributed by atoms with Gasteiger partial charge in [0.05, 0.1) is 0 Å². The van der Waals surface area contributed by atoms with E-state index in [2.05, 4.69) is 4.99 Å². The van der Waals surface area contributed by atoms with Gasteiger partial charge >= 0.3 is 0 Å². The lowest BCUT2D eigenvalue weighted by molar-refractivity contribution is 0.565. The number of benzene rings is 1. The predicted octanol–water partition coefficient (Wildman–Crippen LogP) is 1.35. The van der Waals surface area contributed by atoms with Crippen LogP contribution >= 0.6 is 0 Å². The maximum Gasteiger partial charge on any atom is 0.242 e. The van der Waals surface area contributed by atoms with Crippen molar-refractivity contribution in [2.45, 2.75) is 0 Å². The molecule has 0 bridgehead atoms. The minimum absolute atomic E-state index is 0.0550. The smallest absolute Gasteiger partial charge is 0.242 e. The Morgan fingerprint density at radius 2 is 2.00 bits per heavy atom. The molecular formula is C8H6N2O. The number of nitrogens with one attached hydrogen (secondary N) is 1. The fraction of sp³-hybridized carbons (Fsp3) is 0. The Morgan fingerprint density at radius 3 is 2.55 bits per heavy atom. The highest BCUT2D eigenvalue weighted by Crippen LogP contribution is 1.99. The van der Waals surface area contributed by atoms with Crippen molar-refractivity contribution in [3.8, 4) is 0 Å². The third-order valence-corrected chi connectivity index (χ3v) is 1.20. The van der Waals surface area contributed by atoms with Crippen LogP contribution in [0.5, 0.6) is 0 Å². The van der Waals surface area contributed by atoms with Crippen LogP contribution in [0.2, 0.25) is 0 Å². The Bertz CT molecular complexity index is 299. The Kier molecular flexibility index (Phi) is 2.31. The number of hydrogen-bond donors (Lipinski definition) is 1. The monoisotopic (exact) mass is 146 g/mol. The van der Waals surface area contributed by atoms with Gasteiger partial charge in [0.25, 0.3) is 0 Å². The van der Waals surface area contributed by atoms with Crippen LogP contribution in [0.4, 0.5) is 0 Å². The zero-order valence-electron chi connectivity index (χ0n) is 5.74. The van der Waals surface area contributed by atoms with Gasteiger partial charge < -0.3 is 0 Å². The molecule has 0 aromatic heterocycles. The van der Waals surface area contributed by atoms with Gasteiger partial charge in [-0.1, -0.05) is 30.3 Å². The molecule has 0 heterocycles. The van der Waals surface area contributed by atoms with Gasteiger partial charge in [0.1, 0.15) is 0 Å². The van der Waals surface area contributed by atoms with E-state index in [4.69, 9.17) is 5.41 Å². The SMILES string of the molecule is N=C(N=C=O)c1ccccc1. The molecule has 1 N–H and O–H groups in total. The summed E-state index contributed by atoms with van der Waals surface area (Å²) in [6.07, 6.45) is 1.32. The summed E-state index contributed by atoms with van der Waals surface area (Å²) >= 11 is 0. The van der Waals surface area contributed by atoms with Crippen molar-refractivity contribution in [2.75, 3.05) is 0 Å². The highest BCUT2D eigenvalue weighted by atomic mass is 16.1. The van der Waals surface area contributed by atoms with Crippen molar-refractivity contribution in [2.24, 2.45) is 4.99 Å². The number of amidine groups is 1. The van der Waals surface area contributed by atoms with E-state index in [1.807, 2.05) is 6.07 Å². The van der Waals surface area contributed by atoms with Gasteiger partial charge in [-0.05, 0) is 0 Å². The molecule has 1 rings (SSSR count). The molecule has 0 atom stereocenters. The second kappa shape index (κ2) is 3.44. The summed E-state index contributed by atoms with van der Waals surface area (Å²) in [5.41, 5.74) is 0.621. The molecule has 1 aromatic rings. The summed E-state index contributed by atoms with van der Waals surface area (Å²) in [7, 11) is 0. The molecule has 0 aliphatic heterocycles. The van der Waals surface area contributed by atoms with Gasteiger partial charge in [0.15, 0.2) is 5.84 Å². The van der Waals surface area contributed by atoms with E-state index in [1.165, 1.54) is 6.08 Å². The summed E-state index contributed by atoms with van der Waals surface area (Å²) in [6, 6.07) is 8.82. The van der Waals surface area contributed by atoms with E-state index >= 15 is 0 Å². The molecule has 1 aromatic carbocycles. The van der Waals surface area contributed by atoms with Gasteiger partial charge in [0, 0.05) is 5.56 Å². The van der Waals surface area contributed by atoms with Crippen molar-refractivity contribution in [3.05, 3.63) is 35.9 Å². The molecule has 3 nitrogen and oxygen atoms in total. The molecular weight excluding hydrogens is 140 g/mol. The first-order chi connectivity index (χ1) is 5.34. The van der Waals surface area contributed by atoms with Crippen molar-refractivity contribution in [1.82, 2.24) is 0 Å². The van der Waals surface area contributed by atoms with Crippen LogP contribution in [-0.4, -0.2) is 11.9 Å². The van der Waals surface area contributed by atoms with E-state index < -0.39 is 0 Å². The van der Waals surface area contributed by atoms with E-state index in [-0.39, 0.29) is 5.84 Å². The van der Waals surface area contributed by atoms with Gasteiger partial charge in [-0.15, -0.1) is 4.99 Å². The van der Waals surface area contributed by atoms with Crippen molar-refractivity contribution in [1.29, 1.82) is 5.41 Å². The summed E-state index contributed by atoms with van der Waals surface area (Å²) < 4.78 is 0. The Balaban J connectivity index is 2.94. The summed E-state index contributed by atoms with van der Waals surface area (Å²) in [4.78, 5) is 12.9. The van der Waals surface area contributed by atoms with Crippen molar-refractivity contribution in [3.63, 3.8) is 0 Å². The van der Waals surface area contributed by atoms with Crippen LogP contribution in [0.25, 0.3) is 0 Å². The zero-order valence-corrected chi connectivity index (χ0v) is 5.74.